The highest BCUT2D eigenvalue weighted by atomic mass is 16.5. The molecule has 1 N–H and O–H groups in total. The molecular formula is C28H28N6O4. The summed E-state index contributed by atoms with van der Waals surface area (Å²) in [6.45, 7) is 3.33. The first-order valence-electron chi connectivity index (χ1n) is 12.6. The Kier molecular flexibility index (Phi) is 6.26. The number of imidazole rings is 1. The summed E-state index contributed by atoms with van der Waals surface area (Å²) < 4.78 is 14.3. The van der Waals surface area contributed by atoms with Crippen molar-refractivity contribution in [1.82, 2.24) is 24.1 Å². The van der Waals surface area contributed by atoms with Gasteiger partial charge in [0.1, 0.15) is 11.8 Å². The Morgan fingerprint density at radius 2 is 2.00 bits per heavy atom. The monoisotopic (exact) mass is 512 g/mol. The first kappa shape index (κ1) is 24.1. The molecule has 0 radical (unpaired) electrons. The zero-order valence-corrected chi connectivity index (χ0v) is 21.2. The molecule has 0 spiro atoms. The summed E-state index contributed by atoms with van der Waals surface area (Å²) in [5, 5.41) is 16.3. The minimum absolute atomic E-state index is 0.247. The second-order valence-corrected chi connectivity index (χ2v) is 9.35. The van der Waals surface area contributed by atoms with Gasteiger partial charge < -0.3 is 24.0 Å². The summed E-state index contributed by atoms with van der Waals surface area (Å²) in [7, 11) is 1.99. The molecule has 0 bridgehead atoms. The molecule has 1 aliphatic heterocycles. The lowest BCUT2D eigenvalue weighted by Crippen LogP contribution is -2.21. The van der Waals surface area contributed by atoms with E-state index in [1.54, 1.807) is 17.6 Å². The maximum absolute atomic E-state index is 12.8. The Hall–Kier alpha value is -4.28. The molecule has 1 aliphatic rings. The Bertz CT molecular complexity index is 1610. The fraction of sp³-hybridized carbons (Fsp3) is 0.286. The molecular weight excluding hydrogens is 484 g/mol. The van der Waals surface area contributed by atoms with Gasteiger partial charge in [-0.1, -0.05) is 30.3 Å². The number of carbonyl (C=O) groups excluding carboxylic acids is 1. The Balaban J connectivity index is 1.54. The third kappa shape index (κ3) is 4.17. The van der Waals surface area contributed by atoms with Gasteiger partial charge in [-0.15, -0.1) is 0 Å². The van der Waals surface area contributed by atoms with Crippen LogP contribution in [0.3, 0.4) is 0 Å². The zero-order chi connectivity index (χ0) is 26.2. The van der Waals surface area contributed by atoms with E-state index < -0.39 is 12.1 Å². The summed E-state index contributed by atoms with van der Waals surface area (Å²) in [6, 6.07) is 15.7. The molecule has 1 saturated heterocycles. The summed E-state index contributed by atoms with van der Waals surface area (Å²) >= 11 is 0. The molecule has 38 heavy (non-hydrogen) atoms. The van der Waals surface area contributed by atoms with Crippen molar-refractivity contribution in [1.29, 1.82) is 0 Å². The van der Waals surface area contributed by atoms with E-state index in [1.165, 1.54) is 6.20 Å². The zero-order valence-electron chi connectivity index (χ0n) is 21.2. The number of aliphatic hydroxyl groups excluding tert-OH is 1. The van der Waals surface area contributed by atoms with Crippen molar-refractivity contribution in [3.05, 3.63) is 78.4 Å². The lowest BCUT2D eigenvalue weighted by molar-refractivity contribution is 0.0516. The number of rotatable bonds is 7. The highest BCUT2D eigenvalue weighted by molar-refractivity contribution is 5.95. The molecule has 0 unspecified atom stereocenters. The molecule has 0 amide bonds. The first-order valence-corrected chi connectivity index (χ1v) is 12.6. The van der Waals surface area contributed by atoms with Gasteiger partial charge in [0, 0.05) is 36.9 Å². The fourth-order valence-electron chi connectivity index (χ4n) is 4.99. The van der Waals surface area contributed by atoms with Gasteiger partial charge in [0.25, 0.3) is 0 Å². The quantitative estimate of drug-likeness (QED) is 0.330. The number of benzene rings is 1. The Morgan fingerprint density at radius 3 is 2.76 bits per heavy atom. The summed E-state index contributed by atoms with van der Waals surface area (Å²) in [4.78, 5) is 24.0. The van der Waals surface area contributed by atoms with Crippen molar-refractivity contribution in [2.45, 2.75) is 25.6 Å². The molecule has 5 heterocycles. The van der Waals surface area contributed by atoms with Crippen LogP contribution in [0.5, 0.6) is 0 Å². The van der Waals surface area contributed by atoms with Crippen molar-refractivity contribution in [2.24, 2.45) is 0 Å². The average Bonchev–Trinajstić information content (AvgIpc) is 3.65. The topological polar surface area (TPSA) is 107 Å². The van der Waals surface area contributed by atoms with Gasteiger partial charge in [0.05, 0.1) is 43.4 Å². The molecule has 10 heteroatoms. The second kappa shape index (κ2) is 9.88. The van der Waals surface area contributed by atoms with Gasteiger partial charge in [-0.2, -0.15) is 5.10 Å². The van der Waals surface area contributed by atoms with Crippen LogP contribution in [0.1, 0.15) is 29.0 Å². The second-order valence-electron chi connectivity index (χ2n) is 9.35. The van der Waals surface area contributed by atoms with Gasteiger partial charge in [0.15, 0.2) is 11.3 Å². The summed E-state index contributed by atoms with van der Waals surface area (Å²) in [5.74, 6) is -0.489. The lowest BCUT2D eigenvalue weighted by atomic mass is 10.1. The standard InChI is InChI=1S/C28H28N6O4/c1-3-38-28(36)23-13-30-27-22(32(2)14-18-8-5-4-6-9-18)12-21(31-34(23)27)20-15-33(24-16-37-17-25(24)35)26-19(20)10-7-11-29-26/h4-13,15,24-25,35H,3,14,16-17H2,1-2H3/t24-,25-/m0/s1. The minimum atomic E-state index is -0.632. The van der Waals surface area contributed by atoms with Crippen LogP contribution in [-0.2, 0) is 16.0 Å². The largest absolute Gasteiger partial charge is 0.461 e. The van der Waals surface area contributed by atoms with E-state index in [2.05, 4.69) is 27.0 Å². The number of pyridine rings is 1. The SMILES string of the molecule is CCOC(=O)c1cnc2c(N(C)Cc3ccccc3)cc(-c3cn([C@H]4COC[C@@H]4O)c4ncccc34)nn12. The Labute approximate surface area is 219 Å². The number of carbonyl (C=O) groups is 1. The number of aliphatic hydroxyl groups is 1. The van der Waals surface area contributed by atoms with E-state index in [-0.39, 0.29) is 24.9 Å². The van der Waals surface area contributed by atoms with Crippen LogP contribution in [0.15, 0.2) is 67.1 Å². The van der Waals surface area contributed by atoms with Crippen LogP contribution in [0.25, 0.3) is 27.9 Å². The molecule has 194 valence electrons. The van der Waals surface area contributed by atoms with E-state index in [0.717, 1.165) is 27.8 Å². The summed E-state index contributed by atoms with van der Waals surface area (Å²) in [5.41, 5.74) is 4.95. The number of esters is 1. The molecule has 10 nitrogen and oxygen atoms in total. The highest BCUT2D eigenvalue weighted by Crippen LogP contribution is 2.35. The predicted octanol–water partition coefficient (Wildman–Crippen LogP) is 3.49. The number of anilines is 1. The molecule has 5 aromatic rings. The number of hydrogen-bond acceptors (Lipinski definition) is 8. The van der Waals surface area contributed by atoms with Crippen LogP contribution >= 0.6 is 0 Å². The number of hydrogen-bond donors (Lipinski definition) is 1. The first-order chi connectivity index (χ1) is 18.5. The summed E-state index contributed by atoms with van der Waals surface area (Å²) in [6.07, 6.45) is 4.56. The normalized spacial score (nSPS) is 17.3. The van der Waals surface area contributed by atoms with E-state index in [1.807, 2.05) is 54.2 Å². The molecule has 4 aromatic heterocycles. The van der Waals surface area contributed by atoms with E-state index in [4.69, 9.17) is 14.6 Å². The van der Waals surface area contributed by atoms with Crippen molar-refractivity contribution < 1.29 is 19.4 Å². The van der Waals surface area contributed by atoms with E-state index >= 15 is 0 Å². The van der Waals surface area contributed by atoms with Crippen LogP contribution in [-0.4, -0.2) is 68.2 Å². The number of fused-ring (bicyclic) bond motifs is 2. The van der Waals surface area contributed by atoms with E-state index in [0.29, 0.717) is 24.5 Å². The van der Waals surface area contributed by atoms with Gasteiger partial charge in [-0.05, 0) is 30.7 Å². The predicted molar refractivity (Wildman–Crippen MR) is 142 cm³/mol. The average molecular weight is 513 g/mol. The molecule has 1 fully saturated rings. The van der Waals surface area contributed by atoms with Crippen LogP contribution in [0.4, 0.5) is 5.69 Å². The third-order valence-electron chi connectivity index (χ3n) is 6.85. The maximum atomic E-state index is 12.8. The Morgan fingerprint density at radius 1 is 1.16 bits per heavy atom. The van der Waals surface area contributed by atoms with Gasteiger partial charge in [-0.3, -0.25) is 0 Å². The third-order valence-corrected chi connectivity index (χ3v) is 6.85. The molecule has 0 saturated carbocycles. The molecule has 0 aliphatic carbocycles. The van der Waals surface area contributed by atoms with Crippen LogP contribution in [0.2, 0.25) is 0 Å². The van der Waals surface area contributed by atoms with Gasteiger partial charge in [-0.25, -0.2) is 19.3 Å². The number of aromatic nitrogens is 5. The van der Waals surface area contributed by atoms with Crippen LogP contribution in [0, 0.1) is 0 Å². The van der Waals surface area contributed by atoms with Crippen molar-refractivity contribution in [3.63, 3.8) is 0 Å². The maximum Gasteiger partial charge on any atom is 0.358 e. The fourth-order valence-corrected chi connectivity index (χ4v) is 4.99. The number of nitrogens with zero attached hydrogens (tertiary/aromatic N) is 6. The van der Waals surface area contributed by atoms with Gasteiger partial charge >= 0.3 is 5.97 Å². The van der Waals surface area contributed by atoms with Crippen LogP contribution < -0.4 is 4.90 Å². The highest BCUT2D eigenvalue weighted by Gasteiger charge is 2.30. The lowest BCUT2D eigenvalue weighted by Gasteiger charge is -2.21. The van der Waals surface area contributed by atoms with Crippen molar-refractivity contribution in [3.8, 4) is 11.3 Å². The molecule has 6 rings (SSSR count). The minimum Gasteiger partial charge on any atom is -0.461 e. The van der Waals surface area contributed by atoms with Crippen molar-refractivity contribution >= 4 is 28.3 Å². The number of ether oxygens (including phenoxy) is 2. The smallest absolute Gasteiger partial charge is 0.358 e. The van der Waals surface area contributed by atoms with E-state index in [9.17, 15) is 9.90 Å². The molecule has 1 aromatic carbocycles. The van der Waals surface area contributed by atoms with Gasteiger partial charge in [0.2, 0.25) is 0 Å². The van der Waals surface area contributed by atoms with Crippen molar-refractivity contribution in [2.75, 3.05) is 31.8 Å². The molecule has 2 atom stereocenters.